The molecule has 0 spiro atoms. The molecule has 49 heavy (non-hydrogen) atoms. The summed E-state index contributed by atoms with van der Waals surface area (Å²) in [6.45, 7) is 12.2. The molecule has 2 saturated heterocycles. The average Bonchev–Trinajstić information content (AvgIpc) is 3.02. The Balaban J connectivity index is 0.000000199. The van der Waals surface area contributed by atoms with E-state index in [1.54, 1.807) is 0 Å². The number of hydrogen-bond donors (Lipinski definition) is 1. The van der Waals surface area contributed by atoms with E-state index in [1.165, 1.54) is 36.9 Å². The van der Waals surface area contributed by atoms with E-state index in [9.17, 15) is 18.8 Å². The maximum absolute atomic E-state index is 14.9. The van der Waals surface area contributed by atoms with Gasteiger partial charge in [0.15, 0.2) is 0 Å². The number of fused-ring (bicyclic) bond motifs is 2. The second kappa shape index (κ2) is 14.6. The van der Waals surface area contributed by atoms with E-state index < -0.39 is 17.2 Å². The highest BCUT2D eigenvalue weighted by molar-refractivity contribution is 5.93. The summed E-state index contributed by atoms with van der Waals surface area (Å²) in [5.41, 5.74) is 8.28. The number of carbonyl (C=O) groups is 1. The molecule has 4 heterocycles. The third-order valence-electron chi connectivity index (χ3n) is 8.54. The Labute approximate surface area is 284 Å². The number of esters is 1. The number of benzene rings is 2. The summed E-state index contributed by atoms with van der Waals surface area (Å²) in [4.78, 5) is 33.1. The smallest absolute Gasteiger partial charge is 0.306 e. The van der Waals surface area contributed by atoms with Crippen molar-refractivity contribution < 1.29 is 18.3 Å². The minimum Gasteiger partial charge on any atom is -0.460 e. The molecule has 2 aliphatic rings. The fraction of sp³-hybridized carbons (Fsp3) is 0.472. The summed E-state index contributed by atoms with van der Waals surface area (Å²) in [5, 5.41) is 18.4. The molecule has 4 atom stereocenters. The summed E-state index contributed by atoms with van der Waals surface area (Å²) in [7, 11) is 0. The Hall–Kier alpha value is -5.01. The number of rotatable bonds is 4. The van der Waals surface area contributed by atoms with Gasteiger partial charge in [-0.2, -0.15) is 10.5 Å². The zero-order valence-electron chi connectivity index (χ0n) is 28.5. The standard InChI is InChI=1S/C21H25FN4O2.C15H16FN5/c1-13-7-14(8-17(27)28-21(2,3)4)12-26(11-13)20-16(22)9-15(10-23)18-19(20)25-6-5-24-18;1-9-4-11(18)8-21(7-9)15-12(16)5-10(6-17)13-14(15)20-3-2-19-13/h5-6,9,13-14H,7-8,11-12H2,1-4H3;2-3,5,9,11H,4,7-8,18H2,1H3/t13-,14-;9-,11+/m00/s1. The van der Waals surface area contributed by atoms with E-state index >= 15 is 0 Å². The lowest BCUT2D eigenvalue weighted by Gasteiger charge is -2.38. The lowest BCUT2D eigenvalue weighted by atomic mass is 9.87. The van der Waals surface area contributed by atoms with Gasteiger partial charge in [0.2, 0.25) is 0 Å². The quantitative estimate of drug-likeness (QED) is 0.268. The van der Waals surface area contributed by atoms with Crippen molar-refractivity contribution in [1.29, 1.82) is 10.5 Å². The van der Waals surface area contributed by atoms with Crippen LogP contribution in [0, 0.1) is 52.1 Å². The van der Waals surface area contributed by atoms with Crippen LogP contribution in [0.1, 0.15) is 65.0 Å². The first-order valence-corrected chi connectivity index (χ1v) is 16.4. The van der Waals surface area contributed by atoms with Gasteiger partial charge >= 0.3 is 5.97 Å². The molecule has 2 aromatic carbocycles. The van der Waals surface area contributed by atoms with E-state index in [1.807, 2.05) is 42.7 Å². The number of ether oxygens (including phenoxy) is 1. The van der Waals surface area contributed by atoms with Crippen LogP contribution >= 0.6 is 0 Å². The van der Waals surface area contributed by atoms with Crippen molar-refractivity contribution in [3.8, 4) is 12.1 Å². The summed E-state index contributed by atoms with van der Waals surface area (Å²) in [5.74, 6) is -0.453. The van der Waals surface area contributed by atoms with Crippen LogP contribution in [-0.2, 0) is 9.53 Å². The number of aromatic nitrogens is 4. The predicted octanol–water partition coefficient (Wildman–Crippen LogP) is 5.65. The molecule has 13 heteroatoms. The zero-order chi connectivity index (χ0) is 35.5. The maximum atomic E-state index is 14.9. The molecule has 0 aliphatic carbocycles. The average molecular weight is 670 g/mol. The van der Waals surface area contributed by atoms with Crippen LogP contribution in [0.5, 0.6) is 0 Å². The molecule has 256 valence electrons. The number of nitrogens with two attached hydrogens (primary N) is 1. The van der Waals surface area contributed by atoms with Crippen molar-refractivity contribution >= 4 is 39.4 Å². The SMILES string of the molecule is C[C@H]1C[C@@H](CC(=O)OC(C)(C)C)CN(c2c(F)cc(C#N)c3nccnc23)C1.C[C@H]1C[C@@H](N)CN(c2c(F)cc(C#N)c3nccnc23)C1. The number of carbonyl (C=O) groups excluding carboxylic acids is 1. The fourth-order valence-electron chi connectivity index (χ4n) is 6.95. The van der Waals surface area contributed by atoms with Gasteiger partial charge in [-0.15, -0.1) is 0 Å². The van der Waals surface area contributed by atoms with Crippen LogP contribution in [0.25, 0.3) is 22.1 Å². The molecule has 2 aromatic heterocycles. The first kappa shape index (κ1) is 35.3. The van der Waals surface area contributed by atoms with Gasteiger partial charge in [0.25, 0.3) is 0 Å². The number of nitrogens with zero attached hydrogens (tertiary/aromatic N) is 8. The molecule has 2 N–H and O–H groups in total. The highest BCUT2D eigenvalue weighted by Gasteiger charge is 2.32. The molecule has 4 aromatic rings. The number of anilines is 2. The number of piperidine rings is 2. The van der Waals surface area contributed by atoms with Gasteiger partial charge in [-0.1, -0.05) is 13.8 Å². The van der Waals surface area contributed by atoms with Crippen LogP contribution in [0.15, 0.2) is 36.9 Å². The molecule has 0 bridgehead atoms. The van der Waals surface area contributed by atoms with Crippen molar-refractivity contribution in [3.05, 3.63) is 59.7 Å². The molecule has 0 amide bonds. The molecular weight excluding hydrogens is 628 g/mol. The van der Waals surface area contributed by atoms with E-state index in [0.29, 0.717) is 65.4 Å². The minimum absolute atomic E-state index is 0.00974. The summed E-state index contributed by atoms with van der Waals surface area (Å²) < 4.78 is 34.9. The second-order valence-electron chi connectivity index (χ2n) is 14.1. The Bertz CT molecular complexity index is 1920. The Morgan fingerprint density at radius 3 is 1.71 bits per heavy atom. The molecule has 6 rings (SSSR count). The number of nitriles is 2. The fourth-order valence-corrected chi connectivity index (χ4v) is 6.95. The predicted molar refractivity (Wildman–Crippen MR) is 182 cm³/mol. The van der Waals surface area contributed by atoms with E-state index in [2.05, 4.69) is 33.8 Å². The number of halogens is 2. The first-order chi connectivity index (χ1) is 23.3. The highest BCUT2D eigenvalue weighted by atomic mass is 19.1. The third kappa shape index (κ3) is 8.18. The van der Waals surface area contributed by atoms with Crippen molar-refractivity contribution in [2.24, 2.45) is 23.5 Å². The van der Waals surface area contributed by atoms with Crippen LogP contribution < -0.4 is 15.5 Å². The van der Waals surface area contributed by atoms with E-state index in [-0.39, 0.29) is 35.0 Å². The molecule has 2 aliphatic heterocycles. The topological polar surface area (TPSA) is 158 Å². The van der Waals surface area contributed by atoms with Gasteiger partial charge in [0, 0.05) is 57.0 Å². The maximum Gasteiger partial charge on any atom is 0.306 e. The van der Waals surface area contributed by atoms with Crippen LogP contribution in [0.3, 0.4) is 0 Å². The van der Waals surface area contributed by atoms with Crippen LogP contribution in [0.2, 0.25) is 0 Å². The zero-order valence-corrected chi connectivity index (χ0v) is 28.5. The van der Waals surface area contributed by atoms with Crippen LogP contribution in [-0.4, -0.2) is 63.7 Å². The van der Waals surface area contributed by atoms with Gasteiger partial charge in [-0.25, -0.2) is 8.78 Å². The van der Waals surface area contributed by atoms with Gasteiger partial charge in [-0.3, -0.25) is 24.7 Å². The number of hydrogen-bond acceptors (Lipinski definition) is 11. The van der Waals surface area contributed by atoms with Gasteiger partial charge < -0.3 is 20.3 Å². The normalized spacial score (nSPS) is 21.0. The largest absolute Gasteiger partial charge is 0.460 e. The van der Waals surface area contributed by atoms with Crippen molar-refractivity contribution in [2.75, 3.05) is 36.0 Å². The third-order valence-corrected chi connectivity index (χ3v) is 8.54. The molecular formula is C36H41F2N9O2. The Kier molecular flexibility index (Phi) is 10.5. The molecule has 0 saturated carbocycles. The second-order valence-corrected chi connectivity index (χ2v) is 14.1. The van der Waals surface area contributed by atoms with Crippen molar-refractivity contribution in [1.82, 2.24) is 19.9 Å². The molecule has 0 radical (unpaired) electrons. The Morgan fingerprint density at radius 1 is 0.816 bits per heavy atom. The van der Waals surface area contributed by atoms with Crippen molar-refractivity contribution in [3.63, 3.8) is 0 Å². The first-order valence-electron chi connectivity index (χ1n) is 16.4. The summed E-state index contributed by atoms with van der Waals surface area (Å²) >= 11 is 0. The van der Waals surface area contributed by atoms with E-state index in [0.717, 1.165) is 19.4 Å². The van der Waals surface area contributed by atoms with Gasteiger partial charge in [-0.05, 0) is 63.5 Å². The molecule has 11 nitrogen and oxygen atoms in total. The summed E-state index contributed by atoms with van der Waals surface area (Å²) in [6, 6.07) is 6.42. The van der Waals surface area contributed by atoms with Crippen molar-refractivity contribution in [2.45, 2.75) is 65.5 Å². The molecule has 0 unspecified atom stereocenters. The summed E-state index contributed by atoms with van der Waals surface area (Å²) in [6.07, 6.45) is 8.11. The lowest BCUT2D eigenvalue weighted by molar-refractivity contribution is -0.156. The minimum atomic E-state index is -0.526. The van der Waals surface area contributed by atoms with Gasteiger partial charge in [0.1, 0.15) is 62.8 Å². The Morgan fingerprint density at radius 2 is 1.27 bits per heavy atom. The van der Waals surface area contributed by atoms with Gasteiger partial charge in [0.05, 0.1) is 17.5 Å². The monoisotopic (exact) mass is 669 g/mol. The lowest BCUT2D eigenvalue weighted by Crippen LogP contribution is -2.46. The van der Waals surface area contributed by atoms with E-state index in [4.69, 9.17) is 15.7 Å². The molecule has 2 fully saturated rings. The van der Waals surface area contributed by atoms with Crippen LogP contribution in [0.4, 0.5) is 20.2 Å². The highest BCUT2D eigenvalue weighted by Crippen LogP contribution is 2.36.